The fourth-order valence-electron chi connectivity index (χ4n) is 1.18. The number of aromatic nitrogens is 1. The van der Waals surface area contributed by atoms with Crippen LogP contribution < -0.4 is 0 Å². The average Bonchev–Trinajstić information content (AvgIpc) is 2.38. The van der Waals surface area contributed by atoms with Gasteiger partial charge in [-0.1, -0.05) is 11.8 Å². The van der Waals surface area contributed by atoms with Gasteiger partial charge in [0.05, 0.1) is 18.2 Å². The first kappa shape index (κ1) is 16.0. The van der Waals surface area contributed by atoms with Crippen molar-refractivity contribution in [3.63, 3.8) is 0 Å². The van der Waals surface area contributed by atoms with Crippen LogP contribution >= 0.6 is 27.7 Å². The highest BCUT2D eigenvalue weighted by Gasteiger charge is 2.31. The zero-order valence-electron chi connectivity index (χ0n) is 10.6. The van der Waals surface area contributed by atoms with Gasteiger partial charge in [-0.2, -0.15) is 0 Å². The first-order valence-corrected chi connectivity index (χ1v) is 7.37. The number of hydrogen-bond donors (Lipinski definition) is 0. The number of carbonyl (C=O) groups is 2. The minimum atomic E-state index is -1.05. The smallest absolute Gasteiger partial charge is 0.331 e. The average molecular weight is 348 g/mol. The standard InChI is InChI=1S/C12H14BrNO4S/c1-3-17-11(15)10(12(16)18-4-2)19-9-6-5-8(13)7-14-9/h5-7,10H,3-4H2,1-2H3. The molecule has 0 amide bonds. The van der Waals surface area contributed by atoms with Gasteiger partial charge < -0.3 is 9.47 Å². The fraction of sp³-hybridized carbons (Fsp3) is 0.417. The fourth-order valence-corrected chi connectivity index (χ4v) is 2.25. The Kier molecular flexibility index (Phi) is 6.86. The number of rotatable bonds is 6. The molecule has 1 aromatic rings. The van der Waals surface area contributed by atoms with Crippen molar-refractivity contribution in [3.05, 3.63) is 22.8 Å². The van der Waals surface area contributed by atoms with E-state index in [1.54, 1.807) is 32.2 Å². The van der Waals surface area contributed by atoms with Crippen LogP contribution in [0.15, 0.2) is 27.8 Å². The summed E-state index contributed by atoms with van der Waals surface area (Å²) < 4.78 is 10.6. The Hall–Kier alpha value is -1.08. The number of carbonyl (C=O) groups excluding carboxylic acids is 2. The SMILES string of the molecule is CCOC(=O)C(Sc1ccc(Br)cn1)C(=O)OCC. The molecular formula is C12H14BrNO4S. The third-order valence-corrected chi connectivity index (χ3v) is 3.51. The largest absolute Gasteiger partial charge is 0.465 e. The number of hydrogen-bond acceptors (Lipinski definition) is 6. The van der Waals surface area contributed by atoms with Gasteiger partial charge in [-0.3, -0.25) is 9.59 Å². The molecule has 0 aliphatic rings. The lowest BCUT2D eigenvalue weighted by Crippen LogP contribution is -2.30. The highest BCUT2D eigenvalue weighted by molar-refractivity contribution is 9.10. The maximum Gasteiger partial charge on any atom is 0.331 e. The second-order valence-electron chi connectivity index (χ2n) is 3.32. The summed E-state index contributed by atoms with van der Waals surface area (Å²) >= 11 is 4.28. The number of ether oxygens (including phenoxy) is 2. The first-order chi connectivity index (χ1) is 9.08. The summed E-state index contributed by atoms with van der Waals surface area (Å²) in [6, 6.07) is 3.49. The molecule has 0 fully saturated rings. The van der Waals surface area contributed by atoms with Gasteiger partial charge in [-0.05, 0) is 41.9 Å². The van der Waals surface area contributed by atoms with Crippen LogP contribution in [0, 0.1) is 0 Å². The van der Waals surface area contributed by atoms with Crippen molar-refractivity contribution in [2.24, 2.45) is 0 Å². The van der Waals surface area contributed by atoms with Gasteiger partial charge in [0.25, 0.3) is 0 Å². The molecule has 0 atom stereocenters. The van der Waals surface area contributed by atoms with E-state index in [4.69, 9.17) is 9.47 Å². The molecule has 0 spiro atoms. The molecule has 0 bridgehead atoms. The molecule has 0 saturated heterocycles. The molecule has 0 radical (unpaired) electrons. The van der Waals surface area contributed by atoms with E-state index in [9.17, 15) is 9.59 Å². The molecule has 1 heterocycles. The molecule has 1 aromatic heterocycles. The van der Waals surface area contributed by atoms with Crippen molar-refractivity contribution < 1.29 is 19.1 Å². The van der Waals surface area contributed by atoms with Crippen molar-refractivity contribution in [3.8, 4) is 0 Å². The van der Waals surface area contributed by atoms with Crippen molar-refractivity contribution >= 4 is 39.6 Å². The van der Waals surface area contributed by atoms with Crippen LogP contribution in [0.5, 0.6) is 0 Å². The van der Waals surface area contributed by atoms with E-state index in [-0.39, 0.29) is 13.2 Å². The number of nitrogens with zero attached hydrogens (tertiary/aromatic N) is 1. The van der Waals surface area contributed by atoms with E-state index in [2.05, 4.69) is 20.9 Å². The maximum absolute atomic E-state index is 11.7. The van der Waals surface area contributed by atoms with Crippen LogP contribution in [-0.4, -0.2) is 35.4 Å². The number of thioether (sulfide) groups is 1. The quantitative estimate of drug-likeness (QED) is 0.447. The summed E-state index contributed by atoms with van der Waals surface area (Å²) in [4.78, 5) is 27.6. The number of pyridine rings is 1. The molecule has 7 heteroatoms. The summed E-state index contributed by atoms with van der Waals surface area (Å²) in [5, 5.41) is -0.497. The lowest BCUT2D eigenvalue weighted by molar-refractivity contribution is -0.152. The third kappa shape index (κ3) is 5.20. The molecule has 104 valence electrons. The third-order valence-electron chi connectivity index (χ3n) is 1.94. The number of esters is 2. The van der Waals surface area contributed by atoms with Gasteiger partial charge in [0.15, 0.2) is 0 Å². The first-order valence-electron chi connectivity index (χ1n) is 5.70. The van der Waals surface area contributed by atoms with E-state index < -0.39 is 17.2 Å². The number of halogens is 1. The van der Waals surface area contributed by atoms with Crippen LogP contribution in [0.3, 0.4) is 0 Å². The van der Waals surface area contributed by atoms with Crippen LogP contribution in [0.2, 0.25) is 0 Å². The zero-order chi connectivity index (χ0) is 14.3. The molecule has 0 aliphatic carbocycles. The zero-order valence-corrected chi connectivity index (χ0v) is 13.0. The van der Waals surface area contributed by atoms with Gasteiger partial charge in [0, 0.05) is 10.7 Å². The second kappa shape index (κ2) is 8.16. The molecule has 0 aromatic carbocycles. The minimum Gasteiger partial charge on any atom is -0.465 e. The molecule has 0 N–H and O–H groups in total. The van der Waals surface area contributed by atoms with Gasteiger partial charge in [0.2, 0.25) is 5.25 Å². The highest BCUT2D eigenvalue weighted by atomic mass is 79.9. The molecule has 5 nitrogen and oxygen atoms in total. The molecular weight excluding hydrogens is 334 g/mol. The van der Waals surface area contributed by atoms with E-state index >= 15 is 0 Å². The summed E-state index contributed by atoms with van der Waals surface area (Å²) in [5.41, 5.74) is 0. The Labute approximate surface area is 124 Å². The van der Waals surface area contributed by atoms with E-state index in [0.717, 1.165) is 16.2 Å². The summed E-state index contributed by atoms with van der Waals surface area (Å²) in [5.74, 6) is -1.23. The lowest BCUT2D eigenvalue weighted by atomic mass is 10.4. The molecule has 0 unspecified atom stereocenters. The van der Waals surface area contributed by atoms with Gasteiger partial charge in [-0.25, -0.2) is 4.98 Å². The Bertz CT molecular complexity index is 420. The van der Waals surface area contributed by atoms with Crippen LogP contribution in [0.1, 0.15) is 13.8 Å². The Morgan fingerprint density at radius 3 is 2.26 bits per heavy atom. The molecule has 19 heavy (non-hydrogen) atoms. The Morgan fingerprint density at radius 2 is 1.84 bits per heavy atom. The van der Waals surface area contributed by atoms with Crippen molar-refractivity contribution in [2.45, 2.75) is 24.1 Å². The summed E-state index contributed by atoms with van der Waals surface area (Å²) in [6.45, 7) is 3.79. The molecule has 0 aliphatic heterocycles. The second-order valence-corrected chi connectivity index (χ2v) is 5.36. The van der Waals surface area contributed by atoms with Crippen molar-refractivity contribution in [2.75, 3.05) is 13.2 Å². The van der Waals surface area contributed by atoms with Crippen molar-refractivity contribution in [1.82, 2.24) is 4.98 Å². The van der Waals surface area contributed by atoms with Crippen LogP contribution in [0.25, 0.3) is 0 Å². The van der Waals surface area contributed by atoms with Gasteiger partial charge in [0.1, 0.15) is 0 Å². The topological polar surface area (TPSA) is 65.5 Å². The van der Waals surface area contributed by atoms with Crippen LogP contribution in [-0.2, 0) is 19.1 Å². The van der Waals surface area contributed by atoms with E-state index in [0.29, 0.717) is 5.03 Å². The van der Waals surface area contributed by atoms with E-state index in [1.165, 1.54) is 0 Å². The Morgan fingerprint density at radius 1 is 1.26 bits per heavy atom. The lowest BCUT2D eigenvalue weighted by Gasteiger charge is -2.13. The Balaban J connectivity index is 2.81. The summed E-state index contributed by atoms with van der Waals surface area (Å²) in [7, 11) is 0. The van der Waals surface area contributed by atoms with Gasteiger partial charge >= 0.3 is 11.9 Å². The predicted molar refractivity (Wildman–Crippen MR) is 74.8 cm³/mol. The van der Waals surface area contributed by atoms with E-state index in [1.807, 2.05) is 0 Å². The molecule has 1 rings (SSSR count). The highest BCUT2D eigenvalue weighted by Crippen LogP contribution is 2.24. The normalized spacial score (nSPS) is 10.3. The maximum atomic E-state index is 11.7. The predicted octanol–water partition coefficient (Wildman–Crippen LogP) is 2.43. The van der Waals surface area contributed by atoms with Crippen LogP contribution in [0.4, 0.5) is 0 Å². The monoisotopic (exact) mass is 347 g/mol. The summed E-state index contributed by atoms with van der Waals surface area (Å²) in [6.07, 6.45) is 1.59. The van der Waals surface area contributed by atoms with Crippen molar-refractivity contribution in [1.29, 1.82) is 0 Å². The minimum absolute atomic E-state index is 0.211. The molecule has 0 saturated carbocycles. The van der Waals surface area contributed by atoms with Gasteiger partial charge in [-0.15, -0.1) is 0 Å².